The molecular formula is C8H17NO3. The molecule has 0 heterocycles. The van der Waals surface area contributed by atoms with Gasteiger partial charge in [-0.05, 0) is 13.5 Å². The van der Waals surface area contributed by atoms with Crippen molar-refractivity contribution in [1.82, 2.24) is 5.32 Å². The third kappa shape index (κ3) is 3.19. The van der Waals surface area contributed by atoms with Gasteiger partial charge < -0.3 is 15.2 Å². The number of methoxy groups -OCH3 is 1. The van der Waals surface area contributed by atoms with E-state index in [1.165, 1.54) is 7.11 Å². The number of nitrogens with one attached hydrogen (secondary N) is 1. The van der Waals surface area contributed by atoms with Gasteiger partial charge in [0.05, 0.1) is 7.11 Å². The van der Waals surface area contributed by atoms with Gasteiger partial charge in [-0.25, -0.2) is 4.79 Å². The Morgan fingerprint density at radius 2 is 2.25 bits per heavy atom. The molecule has 0 amide bonds. The van der Waals surface area contributed by atoms with Crippen molar-refractivity contribution < 1.29 is 14.6 Å². The number of carbonyl (C=O) groups is 1. The molecule has 0 bridgehead atoms. The highest BCUT2D eigenvalue weighted by molar-refractivity contribution is 5.75. The Morgan fingerprint density at radius 1 is 1.67 bits per heavy atom. The third-order valence-electron chi connectivity index (χ3n) is 1.79. The van der Waals surface area contributed by atoms with E-state index >= 15 is 0 Å². The van der Waals surface area contributed by atoms with Crippen LogP contribution < -0.4 is 5.32 Å². The van der Waals surface area contributed by atoms with E-state index in [9.17, 15) is 9.90 Å². The van der Waals surface area contributed by atoms with Gasteiger partial charge in [0.1, 0.15) is 0 Å². The number of aliphatic hydroxyl groups excluding tert-OH is 1. The molecule has 0 aromatic carbocycles. The van der Waals surface area contributed by atoms with Crippen molar-refractivity contribution in [3.8, 4) is 0 Å². The van der Waals surface area contributed by atoms with E-state index in [4.69, 9.17) is 0 Å². The number of hydrogen-bond acceptors (Lipinski definition) is 4. The van der Waals surface area contributed by atoms with Gasteiger partial charge in [0.2, 0.25) is 0 Å². The molecule has 2 atom stereocenters. The lowest BCUT2D eigenvalue weighted by atomic mass is 10.1. The van der Waals surface area contributed by atoms with Crippen LogP contribution in [0.2, 0.25) is 0 Å². The summed E-state index contributed by atoms with van der Waals surface area (Å²) in [5.74, 6) is -0.581. The first-order valence-electron chi connectivity index (χ1n) is 4.10. The molecule has 4 heteroatoms. The Balaban J connectivity index is 4.00. The lowest BCUT2D eigenvalue weighted by Gasteiger charge is -2.19. The van der Waals surface area contributed by atoms with Gasteiger partial charge in [-0.3, -0.25) is 0 Å². The van der Waals surface area contributed by atoms with Crippen molar-refractivity contribution in [2.24, 2.45) is 0 Å². The molecule has 0 aliphatic heterocycles. The van der Waals surface area contributed by atoms with Crippen molar-refractivity contribution in [1.29, 1.82) is 0 Å². The molecule has 0 rings (SSSR count). The first kappa shape index (κ1) is 11.4. The van der Waals surface area contributed by atoms with E-state index in [0.29, 0.717) is 0 Å². The van der Waals surface area contributed by atoms with E-state index in [-0.39, 0.29) is 6.04 Å². The third-order valence-corrected chi connectivity index (χ3v) is 1.79. The van der Waals surface area contributed by atoms with Gasteiger partial charge in [0, 0.05) is 6.04 Å². The van der Waals surface area contributed by atoms with Crippen LogP contribution in [0.25, 0.3) is 0 Å². The molecule has 0 spiro atoms. The average Bonchev–Trinajstić information content (AvgIpc) is 2.11. The maximum absolute atomic E-state index is 10.9. The minimum atomic E-state index is -1.06. The summed E-state index contributed by atoms with van der Waals surface area (Å²) in [7, 11) is 2.98. The summed E-state index contributed by atoms with van der Waals surface area (Å²) in [6.45, 7) is 1.99. The standard InChI is InChI=1S/C8H17NO3/c1-4-5-6(9-2)7(10)8(11)12-3/h6-7,9-10H,4-5H2,1-3H3/t6-,7?/m0/s1. The molecule has 2 N–H and O–H groups in total. The van der Waals surface area contributed by atoms with Crippen LogP contribution >= 0.6 is 0 Å². The van der Waals surface area contributed by atoms with Gasteiger partial charge in [0.15, 0.2) is 6.10 Å². The molecule has 4 nitrogen and oxygen atoms in total. The predicted octanol–water partition coefficient (Wildman–Crippen LogP) is -0.0916. The predicted molar refractivity (Wildman–Crippen MR) is 45.8 cm³/mol. The van der Waals surface area contributed by atoms with Crippen molar-refractivity contribution in [3.05, 3.63) is 0 Å². The highest BCUT2D eigenvalue weighted by atomic mass is 16.5. The lowest BCUT2D eigenvalue weighted by molar-refractivity contribution is -0.152. The summed E-state index contributed by atoms with van der Waals surface area (Å²) < 4.78 is 4.41. The molecular weight excluding hydrogens is 158 g/mol. The fourth-order valence-corrected chi connectivity index (χ4v) is 1.06. The quantitative estimate of drug-likeness (QED) is 0.573. The van der Waals surface area contributed by atoms with Crippen LogP contribution in [0.4, 0.5) is 0 Å². The number of hydrogen-bond donors (Lipinski definition) is 2. The molecule has 0 fully saturated rings. The summed E-state index contributed by atoms with van der Waals surface area (Å²) in [6.07, 6.45) is 0.617. The highest BCUT2D eigenvalue weighted by Gasteiger charge is 2.24. The minimum absolute atomic E-state index is 0.206. The maximum Gasteiger partial charge on any atom is 0.336 e. The number of esters is 1. The van der Waals surface area contributed by atoms with E-state index in [2.05, 4.69) is 10.1 Å². The monoisotopic (exact) mass is 175 g/mol. The van der Waals surface area contributed by atoms with Crippen LogP contribution in [-0.2, 0) is 9.53 Å². The second-order valence-corrected chi connectivity index (χ2v) is 2.65. The zero-order valence-electron chi connectivity index (χ0n) is 7.83. The van der Waals surface area contributed by atoms with Gasteiger partial charge in [-0.15, -0.1) is 0 Å². The van der Waals surface area contributed by atoms with Crippen LogP contribution in [0.3, 0.4) is 0 Å². The van der Waals surface area contributed by atoms with Crippen LogP contribution in [0.1, 0.15) is 19.8 Å². The van der Waals surface area contributed by atoms with E-state index in [0.717, 1.165) is 12.8 Å². The highest BCUT2D eigenvalue weighted by Crippen LogP contribution is 2.03. The Morgan fingerprint density at radius 3 is 2.58 bits per heavy atom. The molecule has 0 saturated heterocycles. The summed E-state index contributed by atoms with van der Waals surface area (Å²) in [4.78, 5) is 10.9. The van der Waals surface area contributed by atoms with Crippen LogP contribution in [0.15, 0.2) is 0 Å². The molecule has 0 aliphatic carbocycles. The largest absolute Gasteiger partial charge is 0.467 e. The molecule has 0 aliphatic rings. The molecule has 0 aromatic heterocycles. The normalized spacial score (nSPS) is 15.3. The smallest absolute Gasteiger partial charge is 0.336 e. The number of carbonyl (C=O) groups excluding carboxylic acids is 1. The summed E-state index contributed by atoms with van der Waals surface area (Å²) in [5.41, 5.74) is 0. The zero-order chi connectivity index (χ0) is 9.56. The number of aliphatic hydroxyl groups is 1. The van der Waals surface area contributed by atoms with E-state index in [1.807, 2.05) is 6.92 Å². The number of likely N-dealkylation sites (N-methyl/N-ethyl adjacent to an activating group) is 1. The van der Waals surface area contributed by atoms with Crippen molar-refractivity contribution >= 4 is 5.97 Å². The number of rotatable bonds is 5. The fourth-order valence-electron chi connectivity index (χ4n) is 1.06. The van der Waals surface area contributed by atoms with Gasteiger partial charge in [-0.2, -0.15) is 0 Å². The van der Waals surface area contributed by atoms with Gasteiger partial charge in [0.25, 0.3) is 0 Å². The van der Waals surface area contributed by atoms with Gasteiger partial charge in [-0.1, -0.05) is 13.3 Å². The Labute approximate surface area is 72.9 Å². The second kappa shape index (κ2) is 5.97. The average molecular weight is 175 g/mol. The SMILES string of the molecule is CCC[C@H](NC)C(O)C(=O)OC. The summed E-state index contributed by atoms with van der Waals surface area (Å²) in [6, 6.07) is -0.206. The zero-order valence-corrected chi connectivity index (χ0v) is 7.83. The summed E-state index contributed by atoms with van der Waals surface area (Å²) in [5, 5.41) is 12.2. The van der Waals surface area contributed by atoms with Gasteiger partial charge >= 0.3 is 5.97 Å². The molecule has 0 aromatic rings. The Bertz CT molecular complexity index is 138. The molecule has 0 saturated carbocycles. The number of ether oxygens (including phenoxy) is 1. The second-order valence-electron chi connectivity index (χ2n) is 2.65. The first-order valence-corrected chi connectivity index (χ1v) is 4.10. The van der Waals surface area contributed by atoms with Crippen molar-refractivity contribution in [2.45, 2.75) is 31.9 Å². The van der Waals surface area contributed by atoms with E-state index < -0.39 is 12.1 Å². The molecule has 12 heavy (non-hydrogen) atoms. The lowest BCUT2D eigenvalue weighted by Crippen LogP contribution is -2.43. The minimum Gasteiger partial charge on any atom is -0.467 e. The first-order chi connectivity index (χ1) is 5.67. The van der Waals surface area contributed by atoms with E-state index in [1.54, 1.807) is 7.05 Å². The van der Waals surface area contributed by atoms with Crippen molar-refractivity contribution in [2.75, 3.05) is 14.2 Å². The Kier molecular flexibility index (Phi) is 5.66. The fraction of sp³-hybridized carbons (Fsp3) is 0.875. The maximum atomic E-state index is 10.9. The van der Waals surface area contributed by atoms with Crippen LogP contribution in [-0.4, -0.2) is 37.4 Å². The molecule has 72 valence electrons. The van der Waals surface area contributed by atoms with Crippen molar-refractivity contribution in [3.63, 3.8) is 0 Å². The topological polar surface area (TPSA) is 58.6 Å². The molecule has 1 unspecified atom stereocenters. The molecule has 0 radical (unpaired) electrons. The van der Waals surface area contributed by atoms with Crippen LogP contribution in [0.5, 0.6) is 0 Å². The summed E-state index contributed by atoms with van der Waals surface area (Å²) >= 11 is 0. The Hall–Kier alpha value is -0.610. The van der Waals surface area contributed by atoms with Crippen LogP contribution in [0, 0.1) is 0 Å².